The highest BCUT2D eigenvalue weighted by Gasteiger charge is 2.15. The first-order chi connectivity index (χ1) is 8.61. The van der Waals surface area contributed by atoms with Crippen molar-refractivity contribution in [3.05, 3.63) is 24.6 Å². The zero-order valence-corrected chi connectivity index (χ0v) is 11.1. The van der Waals surface area contributed by atoms with Crippen LogP contribution in [0, 0.1) is 11.8 Å². The fourth-order valence-corrected chi connectivity index (χ4v) is 2.02. The maximum absolute atomic E-state index is 9.38. The molecule has 0 radical (unpaired) electrons. The van der Waals surface area contributed by atoms with Crippen LogP contribution in [0.1, 0.15) is 13.8 Å². The Hall–Kier alpha value is -1.55. The summed E-state index contributed by atoms with van der Waals surface area (Å²) in [5.74, 6) is 0.742. The van der Waals surface area contributed by atoms with Crippen molar-refractivity contribution in [1.29, 1.82) is 0 Å². The molecule has 4 nitrogen and oxygen atoms in total. The van der Waals surface area contributed by atoms with Gasteiger partial charge in [-0.25, -0.2) is 4.98 Å². The van der Waals surface area contributed by atoms with Crippen molar-refractivity contribution >= 4 is 16.8 Å². The number of rotatable bonds is 5. The number of hydrogen-bond donors (Lipinski definition) is 1. The van der Waals surface area contributed by atoms with Crippen molar-refractivity contribution in [3.8, 4) is 0 Å². The lowest BCUT2D eigenvalue weighted by atomic mass is 9.96. The average Bonchev–Trinajstić information content (AvgIpc) is 2.82. The minimum Gasteiger partial charge on any atom is -0.443 e. The van der Waals surface area contributed by atoms with Crippen molar-refractivity contribution in [2.75, 3.05) is 25.1 Å². The molecule has 2 aromatic rings. The van der Waals surface area contributed by atoms with E-state index in [2.05, 4.69) is 23.7 Å². The Morgan fingerprint density at radius 3 is 2.83 bits per heavy atom. The SMILES string of the molecule is CC(C)C(CO)CN(C)c1ccc2ncoc2c1. The Morgan fingerprint density at radius 1 is 1.39 bits per heavy atom. The van der Waals surface area contributed by atoms with Crippen LogP contribution in [0.15, 0.2) is 29.0 Å². The van der Waals surface area contributed by atoms with Crippen LogP contribution in [0.4, 0.5) is 5.69 Å². The second-order valence-corrected chi connectivity index (χ2v) is 5.07. The van der Waals surface area contributed by atoms with Gasteiger partial charge in [0.2, 0.25) is 0 Å². The van der Waals surface area contributed by atoms with E-state index in [9.17, 15) is 5.11 Å². The van der Waals surface area contributed by atoms with E-state index in [4.69, 9.17) is 4.42 Å². The summed E-state index contributed by atoms with van der Waals surface area (Å²) in [6.07, 6.45) is 1.46. The highest BCUT2D eigenvalue weighted by atomic mass is 16.3. The second-order valence-electron chi connectivity index (χ2n) is 5.07. The Morgan fingerprint density at radius 2 is 2.17 bits per heavy atom. The third-order valence-corrected chi connectivity index (χ3v) is 3.44. The van der Waals surface area contributed by atoms with Crippen LogP contribution in [0.3, 0.4) is 0 Å². The first-order valence-corrected chi connectivity index (χ1v) is 6.27. The molecular formula is C14H20N2O2. The molecule has 0 spiro atoms. The van der Waals surface area contributed by atoms with Gasteiger partial charge in [-0.1, -0.05) is 13.8 Å². The summed E-state index contributed by atoms with van der Waals surface area (Å²) < 4.78 is 5.30. The number of nitrogens with zero attached hydrogens (tertiary/aromatic N) is 2. The standard InChI is InChI=1S/C14H20N2O2/c1-10(2)11(8-17)7-16(3)12-4-5-13-14(6-12)18-9-15-13/h4-6,9-11,17H,7-8H2,1-3H3. The summed E-state index contributed by atoms with van der Waals surface area (Å²) in [5, 5.41) is 9.38. The quantitative estimate of drug-likeness (QED) is 0.883. The number of hydrogen-bond acceptors (Lipinski definition) is 4. The summed E-state index contributed by atoms with van der Waals surface area (Å²) >= 11 is 0. The predicted octanol–water partition coefficient (Wildman–Crippen LogP) is 2.53. The van der Waals surface area contributed by atoms with Gasteiger partial charge in [-0.05, 0) is 18.1 Å². The summed E-state index contributed by atoms with van der Waals surface area (Å²) in [7, 11) is 2.03. The lowest BCUT2D eigenvalue weighted by molar-refractivity contribution is 0.193. The third-order valence-electron chi connectivity index (χ3n) is 3.44. The second kappa shape index (κ2) is 5.40. The van der Waals surface area contributed by atoms with E-state index in [0.717, 1.165) is 23.3 Å². The zero-order valence-electron chi connectivity index (χ0n) is 11.1. The molecule has 0 bridgehead atoms. The molecule has 98 valence electrons. The molecule has 1 N–H and O–H groups in total. The van der Waals surface area contributed by atoms with Crippen molar-refractivity contribution < 1.29 is 9.52 Å². The molecule has 0 amide bonds. The topological polar surface area (TPSA) is 49.5 Å². The Balaban J connectivity index is 2.14. The van der Waals surface area contributed by atoms with E-state index in [1.165, 1.54) is 6.39 Å². The maximum Gasteiger partial charge on any atom is 0.181 e. The molecule has 18 heavy (non-hydrogen) atoms. The fourth-order valence-electron chi connectivity index (χ4n) is 2.02. The molecule has 0 aliphatic rings. The van der Waals surface area contributed by atoms with E-state index in [0.29, 0.717) is 5.92 Å². The van der Waals surface area contributed by atoms with Crippen molar-refractivity contribution in [2.45, 2.75) is 13.8 Å². The predicted molar refractivity (Wildman–Crippen MR) is 72.7 cm³/mol. The molecule has 1 aromatic carbocycles. The van der Waals surface area contributed by atoms with Gasteiger partial charge in [-0.2, -0.15) is 0 Å². The summed E-state index contributed by atoms with van der Waals surface area (Å²) in [4.78, 5) is 6.24. The number of aliphatic hydroxyl groups is 1. The largest absolute Gasteiger partial charge is 0.443 e. The van der Waals surface area contributed by atoms with Gasteiger partial charge in [0.25, 0.3) is 0 Å². The molecule has 0 aliphatic carbocycles. The summed E-state index contributed by atoms with van der Waals surface area (Å²) in [6, 6.07) is 5.96. The van der Waals surface area contributed by atoms with Gasteiger partial charge < -0.3 is 14.4 Å². The molecule has 0 fully saturated rings. The van der Waals surface area contributed by atoms with Crippen LogP contribution >= 0.6 is 0 Å². The molecule has 2 rings (SSSR count). The highest BCUT2D eigenvalue weighted by molar-refractivity contribution is 5.76. The van der Waals surface area contributed by atoms with Crippen LogP contribution in [-0.4, -0.2) is 30.3 Å². The van der Waals surface area contributed by atoms with Crippen LogP contribution in [-0.2, 0) is 0 Å². The Kier molecular flexibility index (Phi) is 3.87. The van der Waals surface area contributed by atoms with Gasteiger partial charge in [0, 0.05) is 37.9 Å². The Labute approximate surface area is 107 Å². The first-order valence-electron chi connectivity index (χ1n) is 6.27. The van der Waals surface area contributed by atoms with Crippen LogP contribution in [0.5, 0.6) is 0 Å². The molecule has 1 aromatic heterocycles. The lowest BCUT2D eigenvalue weighted by Gasteiger charge is -2.26. The molecular weight excluding hydrogens is 228 g/mol. The van der Waals surface area contributed by atoms with Crippen LogP contribution in [0.2, 0.25) is 0 Å². The van der Waals surface area contributed by atoms with E-state index in [-0.39, 0.29) is 12.5 Å². The van der Waals surface area contributed by atoms with Gasteiger partial charge in [-0.15, -0.1) is 0 Å². The molecule has 4 heteroatoms. The van der Waals surface area contributed by atoms with Gasteiger partial charge >= 0.3 is 0 Å². The van der Waals surface area contributed by atoms with E-state index in [1.807, 2.05) is 25.2 Å². The highest BCUT2D eigenvalue weighted by Crippen LogP contribution is 2.22. The Bertz CT molecular complexity index is 507. The number of fused-ring (bicyclic) bond motifs is 1. The lowest BCUT2D eigenvalue weighted by Crippen LogP contribution is -2.30. The molecule has 0 saturated carbocycles. The van der Waals surface area contributed by atoms with E-state index < -0.39 is 0 Å². The van der Waals surface area contributed by atoms with Crippen molar-refractivity contribution in [3.63, 3.8) is 0 Å². The number of aliphatic hydroxyl groups excluding tert-OH is 1. The maximum atomic E-state index is 9.38. The number of anilines is 1. The minimum absolute atomic E-state index is 0.215. The van der Waals surface area contributed by atoms with Gasteiger partial charge in [0.15, 0.2) is 12.0 Å². The first kappa shape index (κ1) is 12.9. The average molecular weight is 248 g/mol. The van der Waals surface area contributed by atoms with E-state index >= 15 is 0 Å². The smallest absolute Gasteiger partial charge is 0.181 e. The van der Waals surface area contributed by atoms with Crippen LogP contribution < -0.4 is 4.90 Å². The molecule has 1 atom stereocenters. The number of aromatic nitrogens is 1. The van der Waals surface area contributed by atoms with Gasteiger partial charge in [-0.3, -0.25) is 0 Å². The molecule has 0 saturated heterocycles. The van der Waals surface area contributed by atoms with Gasteiger partial charge in [0.05, 0.1) is 0 Å². The minimum atomic E-state index is 0.215. The van der Waals surface area contributed by atoms with Crippen molar-refractivity contribution in [1.82, 2.24) is 4.98 Å². The number of oxazole rings is 1. The van der Waals surface area contributed by atoms with Gasteiger partial charge in [0.1, 0.15) is 5.52 Å². The monoisotopic (exact) mass is 248 g/mol. The summed E-state index contributed by atoms with van der Waals surface area (Å²) in [5.41, 5.74) is 2.75. The molecule has 1 unspecified atom stereocenters. The molecule has 0 aliphatic heterocycles. The summed E-state index contributed by atoms with van der Waals surface area (Å²) in [6.45, 7) is 5.31. The third kappa shape index (κ3) is 2.64. The zero-order chi connectivity index (χ0) is 13.1. The van der Waals surface area contributed by atoms with Crippen LogP contribution in [0.25, 0.3) is 11.1 Å². The van der Waals surface area contributed by atoms with Crippen molar-refractivity contribution in [2.24, 2.45) is 11.8 Å². The number of benzene rings is 1. The molecule has 1 heterocycles. The fraction of sp³-hybridized carbons (Fsp3) is 0.500. The van der Waals surface area contributed by atoms with E-state index in [1.54, 1.807) is 0 Å². The normalized spacial score (nSPS) is 13.2.